The molecule has 0 spiro atoms. The lowest BCUT2D eigenvalue weighted by Gasteiger charge is -2.19. The normalized spacial score (nSPS) is 30.2. The number of rotatable bonds is 2. The van der Waals surface area contributed by atoms with Gasteiger partial charge in [0.2, 0.25) is 0 Å². The molecule has 1 nitrogen and oxygen atoms in total. The van der Waals surface area contributed by atoms with Crippen LogP contribution >= 0.6 is 0 Å². The molecule has 0 saturated heterocycles. The van der Waals surface area contributed by atoms with Gasteiger partial charge in [-0.25, -0.2) is 0 Å². The first-order valence-corrected chi connectivity index (χ1v) is 5.04. The highest BCUT2D eigenvalue weighted by Gasteiger charge is 2.36. The lowest BCUT2D eigenvalue weighted by atomic mass is 9.84. The smallest absolute Gasteiger partial charge is 0.159 e. The summed E-state index contributed by atoms with van der Waals surface area (Å²) in [5, 5.41) is 0. The molecule has 0 radical (unpaired) electrons. The maximum absolute atomic E-state index is 11.6. The van der Waals surface area contributed by atoms with E-state index in [0.717, 1.165) is 18.8 Å². The van der Waals surface area contributed by atoms with Crippen molar-refractivity contribution in [3.8, 4) is 0 Å². The van der Waals surface area contributed by atoms with Crippen LogP contribution in [0.3, 0.4) is 0 Å². The lowest BCUT2D eigenvalue weighted by Crippen LogP contribution is -2.19. The van der Waals surface area contributed by atoms with E-state index in [1.165, 1.54) is 24.8 Å². The van der Waals surface area contributed by atoms with E-state index in [1.807, 2.05) is 6.08 Å². The topological polar surface area (TPSA) is 17.1 Å². The highest BCUT2D eigenvalue weighted by molar-refractivity contribution is 5.93. The molecule has 1 saturated carbocycles. The summed E-state index contributed by atoms with van der Waals surface area (Å²) in [4.78, 5) is 11.6. The molecule has 2 aliphatic carbocycles. The minimum atomic E-state index is 0.403. The van der Waals surface area contributed by atoms with Crippen LogP contribution in [0.25, 0.3) is 0 Å². The van der Waals surface area contributed by atoms with Crippen molar-refractivity contribution in [3.05, 3.63) is 11.6 Å². The third kappa shape index (κ3) is 1.45. The van der Waals surface area contributed by atoms with Crippen LogP contribution in [0.4, 0.5) is 0 Å². The number of carbonyl (C=O) groups is 1. The van der Waals surface area contributed by atoms with Crippen LogP contribution in [0.15, 0.2) is 11.6 Å². The molecular formula is C11H16O. The first kappa shape index (κ1) is 8.03. The summed E-state index contributed by atoms with van der Waals surface area (Å²) < 4.78 is 0. The van der Waals surface area contributed by atoms with Gasteiger partial charge in [-0.3, -0.25) is 4.79 Å². The molecule has 0 aromatic heterocycles. The van der Waals surface area contributed by atoms with Crippen LogP contribution < -0.4 is 0 Å². The van der Waals surface area contributed by atoms with Gasteiger partial charge in [-0.1, -0.05) is 12.5 Å². The van der Waals surface area contributed by atoms with Crippen molar-refractivity contribution >= 4 is 5.78 Å². The van der Waals surface area contributed by atoms with E-state index in [9.17, 15) is 4.79 Å². The maximum Gasteiger partial charge on any atom is 0.159 e. The van der Waals surface area contributed by atoms with E-state index in [0.29, 0.717) is 11.7 Å². The van der Waals surface area contributed by atoms with Crippen molar-refractivity contribution in [3.63, 3.8) is 0 Å². The summed E-state index contributed by atoms with van der Waals surface area (Å²) in [6.07, 6.45) is 7.86. The fourth-order valence-corrected chi connectivity index (χ4v) is 2.11. The molecule has 0 amide bonds. The first-order chi connectivity index (χ1) is 5.81. The van der Waals surface area contributed by atoms with Crippen molar-refractivity contribution < 1.29 is 4.79 Å². The SMILES string of the molecule is CCC1=CC(=O)C(C2CC2)CC1. The van der Waals surface area contributed by atoms with E-state index >= 15 is 0 Å². The van der Waals surface area contributed by atoms with Gasteiger partial charge in [-0.05, 0) is 44.1 Å². The van der Waals surface area contributed by atoms with Gasteiger partial charge >= 0.3 is 0 Å². The fourth-order valence-electron chi connectivity index (χ4n) is 2.11. The molecule has 12 heavy (non-hydrogen) atoms. The third-order valence-corrected chi connectivity index (χ3v) is 3.13. The largest absolute Gasteiger partial charge is 0.295 e. The molecule has 0 aromatic rings. The molecule has 0 heterocycles. The Kier molecular flexibility index (Phi) is 2.03. The molecule has 2 aliphatic rings. The minimum absolute atomic E-state index is 0.403. The Bertz CT molecular complexity index is 223. The zero-order valence-electron chi connectivity index (χ0n) is 7.68. The monoisotopic (exact) mass is 164 g/mol. The molecule has 0 aliphatic heterocycles. The van der Waals surface area contributed by atoms with Crippen molar-refractivity contribution in [1.82, 2.24) is 0 Å². The minimum Gasteiger partial charge on any atom is -0.295 e. The van der Waals surface area contributed by atoms with Crippen LogP contribution in [0.2, 0.25) is 0 Å². The van der Waals surface area contributed by atoms with Crippen molar-refractivity contribution in [2.24, 2.45) is 11.8 Å². The number of hydrogen-bond donors (Lipinski definition) is 0. The van der Waals surface area contributed by atoms with E-state index in [4.69, 9.17) is 0 Å². The van der Waals surface area contributed by atoms with Gasteiger partial charge in [-0.15, -0.1) is 0 Å². The predicted octanol–water partition coefficient (Wildman–Crippen LogP) is 2.71. The first-order valence-electron chi connectivity index (χ1n) is 5.04. The molecule has 2 rings (SSSR count). The van der Waals surface area contributed by atoms with E-state index in [-0.39, 0.29) is 0 Å². The summed E-state index contributed by atoms with van der Waals surface area (Å²) in [7, 11) is 0. The molecule has 1 unspecified atom stereocenters. The molecule has 1 atom stereocenters. The molecule has 1 fully saturated rings. The molecule has 0 aromatic carbocycles. The second-order valence-electron chi connectivity index (χ2n) is 4.04. The Morgan fingerprint density at radius 3 is 2.67 bits per heavy atom. The lowest BCUT2D eigenvalue weighted by molar-refractivity contribution is -0.119. The average Bonchev–Trinajstić information content (AvgIpc) is 2.87. The Morgan fingerprint density at radius 2 is 2.17 bits per heavy atom. The molecule has 0 N–H and O–H groups in total. The highest BCUT2D eigenvalue weighted by Crippen LogP contribution is 2.42. The summed E-state index contributed by atoms with van der Waals surface area (Å²) in [6, 6.07) is 0. The molecule has 66 valence electrons. The van der Waals surface area contributed by atoms with Crippen molar-refractivity contribution in [2.45, 2.75) is 39.0 Å². The summed E-state index contributed by atoms with van der Waals surface area (Å²) in [5.74, 6) is 1.58. The molecule has 1 heteroatoms. The van der Waals surface area contributed by atoms with Gasteiger partial charge < -0.3 is 0 Å². The maximum atomic E-state index is 11.6. The van der Waals surface area contributed by atoms with Gasteiger partial charge in [0.05, 0.1) is 0 Å². The van der Waals surface area contributed by atoms with Crippen LogP contribution in [0.1, 0.15) is 39.0 Å². The van der Waals surface area contributed by atoms with Crippen LogP contribution in [0.5, 0.6) is 0 Å². The molecular weight excluding hydrogens is 148 g/mol. The Hall–Kier alpha value is -0.590. The molecule has 0 bridgehead atoms. The van der Waals surface area contributed by atoms with Crippen molar-refractivity contribution in [2.75, 3.05) is 0 Å². The van der Waals surface area contributed by atoms with Gasteiger partial charge in [0.1, 0.15) is 0 Å². The number of carbonyl (C=O) groups excluding carboxylic acids is 1. The average molecular weight is 164 g/mol. The summed E-state index contributed by atoms with van der Waals surface area (Å²) >= 11 is 0. The number of ketones is 1. The summed E-state index contributed by atoms with van der Waals surface area (Å²) in [5.41, 5.74) is 1.36. The third-order valence-electron chi connectivity index (χ3n) is 3.13. The van der Waals surface area contributed by atoms with E-state index < -0.39 is 0 Å². The fraction of sp³-hybridized carbons (Fsp3) is 0.727. The van der Waals surface area contributed by atoms with Crippen LogP contribution in [0, 0.1) is 11.8 Å². The summed E-state index contributed by atoms with van der Waals surface area (Å²) in [6.45, 7) is 2.14. The Labute approximate surface area is 73.8 Å². The van der Waals surface area contributed by atoms with Gasteiger partial charge in [-0.2, -0.15) is 0 Å². The Balaban J connectivity index is 2.04. The number of hydrogen-bond acceptors (Lipinski definition) is 1. The second kappa shape index (κ2) is 3.04. The Morgan fingerprint density at radius 1 is 1.42 bits per heavy atom. The van der Waals surface area contributed by atoms with E-state index in [1.54, 1.807) is 0 Å². The second-order valence-corrected chi connectivity index (χ2v) is 4.04. The van der Waals surface area contributed by atoms with Crippen LogP contribution in [-0.2, 0) is 4.79 Å². The van der Waals surface area contributed by atoms with Gasteiger partial charge in [0, 0.05) is 5.92 Å². The van der Waals surface area contributed by atoms with Crippen LogP contribution in [-0.4, -0.2) is 5.78 Å². The standard InChI is InChI=1S/C11H16O/c1-2-8-3-6-10(9-4-5-9)11(12)7-8/h7,9-10H,2-6H2,1H3. The predicted molar refractivity (Wildman–Crippen MR) is 48.8 cm³/mol. The van der Waals surface area contributed by atoms with Gasteiger partial charge in [0.15, 0.2) is 5.78 Å². The highest BCUT2D eigenvalue weighted by atomic mass is 16.1. The van der Waals surface area contributed by atoms with Crippen molar-refractivity contribution in [1.29, 1.82) is 0 Å². The zero-order chi connectivity index (χ0) is 8.55. The zero-order valence-corrected chi connectivity index (χ0v) is 7.68. The van der Waals surface area contributed by atoms with Gasteiger partial charge in [0.25, 0.3) is 0 Å². The quantitative estimate of drug-likeness (QED) is 0.613. The number of allylic oxidation sites excluding steroid dienone is 2. The van der Waals surface area contributed by atoms with E-state index in [2.05, 4.69) is 6.92 Å².